The number of aromatic hydroxyl groups is 1. The maximum Gasteiger partial charge on any atom is 0.373 e. The topological polar surface area (TPSA) is 271 Å². The lowest BCUT2D eigenvalue weighted by molar-refractivity contribution is -0.138. The highest BCUT2D eigenvalue weighted by Crippen LogP contribution is 2.47. The van der Waals surface area contributed by atoms with Crippen molar-refractivity contribution < 1.29 is 72.9 Å². The van der Waals surface area contributed by atoms with E-state index in [1.54, 1.807) is 19.1 Å². The summed E-state index contributed by atoms with van der Waals surface area (Å²) in [6.45, 7) is -1.20. The van der Waals surface area contributed by atoms with Crippen LogP contribution in [-0.4, -0.2) is 105 Å². The van der Waals surface area contributed by atoms with Gasteiger partial charge < -0.3 is 58.7 Å². The number of ether oxygens (including phenoxy) is 2. The second-order valence-electron chi connectivity index (χ2n) is 11.7. The molecule has 18 nitrogen and oxygen atoms in total. The van der Waals surface area contributed by atoms with Gasteiger partial charge >= 0.3 is 29.8 Å². The number of phenols is 1. The molecule has 0 amide bonds. The van der Waals surface area contributed by atoms with E-state index in [4.69, 9.17) is 81.4 Å². The number of aryl methyl sites for hydroxylation is 1. The van der Waals surface area contributed by atoms with Gasteiger partial charge in [0, 0.05) is 11.5 Å². The van der Waals surface area contributed by atoms with Crippen molar-refractivity contribution in [1.29, 1.82) is 0 Å². The Morgan fingerprint density at radius 3 is 1.62 bits per heavy atom. The largest absolute Gasteiger partial charge is 0.505 e. The molecule has 6 N–H and O–H groups in total. The number of anilines is 2. The van der Waals surface area contributed by atoms with Crippen molar-refractivity contribution in [3.63, 3.8) is 0 Å². The number of aromatic carboxylic acids is 1. The number of rotatable bonds is 17. The predicted molar refractivity (Wildman–Crippen MR) is 209 cm³/mol. The minimum Gasteiger partial charge on any atom is -0.505 e. The molecule has 5 aromatic rings. The minimum absolute atomic E-state index is 0.00904. The average Bonchev–Trinajstić information content (AvgIpc) is 3.81. The summed E-state index contributed by atoms with van der Waals surface area (Å²) in [7, 11) is 0. The Labute approximate surface area is 350 Å². The number of carboxylic acids is 5. The van der Waals surface area contributed by atoms with E-state index >= 15 is 0 Å². The Hall–Kier alpha value is -5.79. The van der Waals surface area contributed by atoms with Crippen LogP contribution in [0.5, 0.6) is 17.2 Å². The highest BCUT2D eigenvalue weighted by atomic mass is 35.5. The summed E-state index contributed by atoms with van der Waals surface area (Å²) in [5.41, 5.74) is 1.16. The maximum absolute atomic E-state index is 11.6. The van der Waals surface area contributed by atoms with Gasteiger partial charge in [0.05, 0.1) is 32.6 Å². The molecule has 2 aromatic heterocycles. The third-order valence-corrected chi connectivity index (χ3v) is 9.67. The Morgan fingerprint density at radius 2 is 1.14 bits per heavy atom. The van der Waals surface area contributed by atoms with Gasteiger partial charge in [-0.1, -0.05) is 64.1 Å². The summed E-state index contributed by atoms with van der Waals surface area (Å²) in [6, 6.07) is 9.07. The molecule has 0 spiro atoms. The summed E-state index contributed by atoms with van der Waals surface area (Å²) >= 11 is 27.9. The van der Waals surface area contributed by atoms with E-state index in [0.717, 1.165) is 21.6 Å². The van der Waals surface area contributed by atoms with Crippen molar-refractivity contribution in [3.8, 4) is 28.9 Å². The zero-order valence-corrected chi connectivity index (χ0v) is 33.2. The number of hydrogen-bond donors (Lipinski definition) is 6. The maximum atomic E-state index is 11.6. The highest BCUT2D eigenvalue weighted by molar-refractivity contribution is 6.55. The normalized spacial score (nSPS) is 10.7. The van der Waals surface area contributed by atoms with Gasteiger partial charge in [-0.3, -0.25) is 19.2 Å². The molecule has 5 rings (SSSR count). The molecule has 2 heterocycles. The fraction of sp³-hybridized carbons (Fsp3) is 0.200. The summed E-state index contributed by atoms with van der Waals surface area (Å²) < 4.78 is 22.7. The highest BCUT2D eigenvalue weighted by Gasteiger charge is 2.24. The number of halogens is 5. The van der Waals surface area contributed by atoms with Gasteiger partial charge in [0.2, 0.25) is 5.76 Å². The standard InChI is InChI=1S/C29H27N3O14.C6HCl5O/c1-15-2-3-17(31(11-24(33)34)12-25(35)36)20(6-15)43-4-5-44-21-7-16-8-22(28-30-10-23(46-28)29(41)42)45-19(16)9-18(21)32(13-26(37)38)14-27(39)40;7-1-2(8)4(10)6(12)5(11)3(1)9/h2-3,6-10H,4-5,11-14H2,1H3,(H,33,34)(H,35,36)(H,37,38)(H,39,40)(H,41,42);12H. The lowest BCUT2D eigenvalue weighted by Crippen LogP contribution is -2.35. The van der Waals surface area contributed by atoms with E-state index in [1.807, 2.05) is 0 Å². The molecule has 23 heteroatoms. The van der Waals surface area contributed by atoms with Crippen LogP contribution in [0.25, 0.3) is 22.6 Å². The molecule has 0 aliphatic carbocycles. The van der Waals surface area contributed by atoms with Gasteiger partial charge in [0.1, 0.15) is 66.5 Å². The Bertz CT molecular complexity index is 2250. The van der Waals surface area contributed by atoms with Crippen molar-refractivity contribution in [2.75, 3.05) is 49.2 Å². The van der Waals surface area contributed by atoms with Crippen LogP contribution in [0, 0.1) is 6.92 Å². The predicted octanol–water partition coefficient (Wildman–Crippen LogP) is 7.16. The van der Waals surface area contributed by atoms with E-state index in [2.05, 4.69) is 4.98 Å². The second kappa shape index (κ2) is 19.6. The van der Waals surface area contributed by atoms with Crippen LogP contribution in [0.15, 0.2) is 51.4 Å². The van der Waals surface area contributed by atoms with Crippen LogP contribution in [0.1, 0.15) is 16.1 Å². The van der Waals surface area contributed by atoms with Crippen LogP contribution in [0.2, 0.25) is 25.1 Å². The number of carbonyl (C=O) groups is 5. The van der Waals surface area contributed by atoms with Crippen molar-refractivity contribution >= 4 is 110 Å². The fourth-order valence-electron chi connectivity index (χ4n) is 5.01. The molecule has 308 valence electrons. The molecule has 0 saturated carbocycles. The van der Waals surface area contributed by atoms with Gasteiger partial charge in [0.15, 0.2) is 11.5 Å². The van der Waals surface area contributed by atoms with Crippen LogP contribution in [0.4, 0.5) is 11.4 Å². The molecular weight excluding hydrogens is 880 g/mol. The third kappa shape index (κ3) is 11.4. The molecule has 0 radical (unpaired) electrons. The number of nitrogens with zero attached hydrogens (tertiary/aromatic N) is 3. The average molecular weight is 908 g/mol. The van der Waals surface area contributed by atoms with Gasteiger partial charge in [-0.2, -0.15) is 0 Å². The molecule has 0 bridgehead atoms. The number of aromatic nitrogens is 1. The lowest BCUT2D eigenvalue weighted by atomic mass is 10.2. The van der Waals surface area contributed by atoms with Crippen LogP contribution >= 0.6 is 58.0 Å². The Balaban J connectivity index is 0.000000530. The first-order valence-corrected chi connectivity index (χ1v) is 17.9. The van der Waals surface area contributed by atoms with E-state index < -0.39 is 61.8 Å². The van der Waals surface area contributed by atoms with Crippen molar-refractivity contribution in [3.05, 3.63) is 79.0 Å². The summed E-state index contributed by atoms with van der Waals surface area (Å²) in [5.74, 6) is -7.16. The van der Waals surface area contributed by atoms with Crippen molar-refractivity contribution in [2.45, 2.75) is 6.92 Å². The Morgan fingerprint density at radius 1 is 0.655 bits per heavy atom. The van der Waals surface area contributed by atoms with Gasteiger partial charge in [-0.15, -0.1) is 0 Å². The fourth-order valence-corrected chi connectivity index (χ4v) is 6.14. The number of fused-ring (bicyclic) bond motifs is 1. The van der Waals surface area contributed by atoms with Gasteiger partial charge in [-0.05, 0) is 36.8 Å². The molecule has 0 aliphatic rings. The van der Waals surface area contributed by atoms with Crippen LogP contribution < -0.4 is 19.3 Å². The number of aliphatic carboxylic acids is 4. The molecule has 0 fully saturated rings. The monoisotopic (exact) mass is 905 g/mol. The van der Waals surface area contributed by atoms with Crippen molar-refractivity contribution in [2.24, 2.45) is 0 Å². The lowest BCUT2D eigenvalue weighted by Gasteiger charge is -2.25. The summed E-state index contributed by atoms with van der Waals surface area (Å²) in [5, 5.41) is 56.0. The van der Waals surface area contributed by atoms with E-state index in [0.29, 0.717) is 5.39 Å². The van der Waals surface area contributed by atoms with E-state index in [-0.39, 0.29) is 84.2 Å². The van der Waals surface area contributed by atoms with Crippen molar-refractivity contribution in [1.82, 2.24) is 4.98 Å². The summed E-state index contributed by atoms with van der Waals surface area (Å²) in [6.07, 6.45) is 0.995. The number of benzene rings is 3. The molecule has 0 atom stereocenters. The summed E-state index contributed by atoms with van der Waals surface area (Å²) in [4.78, 5) is 63.1. The quantitative estimate of drug-likeness (QED) is 0.0307. The molecule has 0 saturated heterocycles. The first kappa shape index (κ1) is 44.9. The van der Waals surface area contributed by atoms with Crippen LogP contribution in [0.3, 0.4) is 0 Å². The second-order valence-corrected chi connectivity index (χ2v) is 13.6. The molecule has 3 aromatic carbocycles. The zero-order chi connectivity index (χ0) is 43.0. The number of phenolic OH excluding ortho intramolecular Hbond substituents is 1. The SMILES string of the molecule is Cc1ccc(N(CC(=O)O)CC(=O)O)c(OCCOc2cc3cc(-c4ncc(C(=O)O)o4)oc3cc2N(CC(=O)O)CC(=O)O)c1.Oc1c(Cl)c(Cl)c(Cl)c(Cl)c1Cl. The number of carboxylic acid groups (broad SMARTS) is 5. The Kier molecular flexibility index (Phi) is 15.2. The minimum atomic E-state index is -1.35. The first-order valence-electron chi connectivity index (χ1n) is 16.0. The molecule has 0 aliphatic heterocycles. The zero-order valence-electron chi connectivity index (χ0n) is 29.4. The molecule has 0 unspecified atom stereocenters. The number of furan rings is 1. The van der Waals surface area contributed by atoms with E-state index in [9.17, 15) is 49.5 Å². The van der Waals surface area contributed by atoms with Gasteiger partial charge in [-0.25, -0.2) is 9.78 Å². The molecule has 58 heavy (non-hydrogen) atoms. The molecular formula is C35H28Cl5N3O15. The van der Waals surface area contributed by atoms with E-state index in [1.165, 1.54) is 24.3 Å². The smallest absolute Gasteiger partial charge is 0.373 e. The third-order valence-electron chi connectivity index (χ3n) is 7.41. The number of oxazole rings is 1. The number of hydrogen-bond acceptors (Lipinski definition) is 13. The van der Waals surface area contributed by atoms with Crippen LogP contribution in [-0.2, 0) is 19.2 Å². The van der Waals surface area contributed by atoms with Gasteiger partial charge in [0.25, 0.3) is 5.89 Å². The first-order chi connectivity index (χ1) is 27.3.